The molecular formula is C19H14Cl2N2O4S. The van der Waals surface area contributed by atoms with Crippen LogP contribution in [-0.4, -0.2) is 28.8 Å². The third kappa shape index (κ3) is 5.07. The second kappa shape index (κ2) is 9.14. The molecule has 0 spiro atoms. The number of ether oxygens (including phenoxy) is 1. The molecular weight excluding hydrogens is 423 g/mol. The maximum Gasteiger partial charge on any atom is 0.306 e. The van der Waals surface area contributed by atoms with Gasteiger partial charge in [-0.15, -0.1) is 0 Å². The molecule has 1 amide bonds. The van der Waals surface area contributed by atoms with Crippen molar-refractivity contribution in [3.05, 3.63) is 63.0 Å². The van der Waals surface area contributed by atoms with Crippen molar-refractivity contribution in [3.8, 4) is 5.75 Å². The number of carbonyl (C=O) groups excluding carboxylic acids is 1. The van der Waals surface area contributed by atoms with E-state index in [9.17, 15) is 9.59 Å². The smallest absolute Gasteiger partial charge is 0.306 e. The summed E-state index contributed by atoms with van der Waals surface area (Å²) in [4.78, 5) is 27.7. The van der Waals surface area contributed by atoms with E-state index < -0.39 is 5.97 Å². The van der Waals surface area contributed by atoms with Crippen molar-refractivity contribution in [1.82, 2.24) is 5.32 Å². The van der Waals surface area contributed by atoms with Crippen molar-refractivity contribution >= 4 is 63.8 Å². The molecule has 2 aromatic carbocycles. The first-order valence-electron chi connectivity index (χ1n) is 8.11. The summed E-state index contributed by atoms with van der Waals surface area (Å²) in [5.74, 6) is -0.753. The number of halogens is 2. The lowest BCUT2D eigenvalue weighted by atomic mass is 10.2. The van der Waals surface area contributed by atoms with Gasteiger partial charge >= 0.3 is 5.97 Å². The van der Waals surface area contributed by atoms with E-state index in [1.165, 1.54) is 0 Å². The van der Waals surface area contributed by atoms with E-state index in [1.807, 2.05) is 0 Å². The number of aliphatic carboxylic acids is 1. The first-order valence-corrected chi connectivity index (χ1v) is 9.68. The highest BCUT2D eigenvalue weighted by atomic mass is 35.5. The van der Waals surface area contributed by atoms with E-state index >= 15 is 0 Å². The molecule has 9 heteroatoms. The summed E-state index contributed by atoms with van der Waals surface area (Å²) in [6, 6.07) is 12.1. The monoisotopic (exact) mass is 436 g/mol. The third-order valence-electron chi connectivity index (χ3n) is 3.58. The molecule has 6 nitrogen and oxygen atoms in total. The number of rotatable bonds is 6. The van der Waals surface area contributed by atoms with Gasteiger partial charge in [-0.2, -0.15) is 0 Å². The van der Waals surface area contributed by atoms with Gasteiger partial charge in [-0.1, -0.05) is 47.5 Å². The van der Waals surface area contributed by atoms with Gasteiger partial charge in [0.05, 0.1) is 33.7 Å². The lowest BCUT2D eigenvalue weighted by molar-refractivity contribution is -0.137. The van der Waals surface area contributed by atoms with Crippen molar-refractivity contribution in [1.29, 1.82) is 0 Å². The van der Waals surface area contributed by atoms with Gasteiger partial charge in [-0.25, -0.2) is 4.99 Å². The highest BCUT2D eigenvalue weighted by Gasteiger charge is 2.24. The Bertz CT molecular complexity index is 992. The van der Waals surface area contributed by atoms with Gasteiger partial charge < -0.3 is 15.2 Å². The van der Waals surface area contributed by atoms with Crippen LogP contribution in [0.25, 0.3) is 6.08 Å². The fourth-order valence-corrected chi connectivity index (χ4v) is 3.45. The maximum atomic E-state index is 12.3. The van der Waals surface area contributed by atoms with Crippen molar-refractivity contribution in [2.75, 3.05) is 6.61 Å². The summed E-state index contributed by atoms with van der Waals surface area (Å²) in [6.45, 7) is 0.0365. The number of thioether (sulfide) groups is 1. The number of nitrogens with zero attached hydrogens (tertiary/aromatic N) is 1. The number of carboxylic acid groups (broad SMARTS) is 1. The van der Waals surface area contributed by atoms with Gasteiger partial charge in [0, 0.05) is 5.56 Å². The largest absolute Gasteiger partial charge is 0.492 e. The van der Waals surface area contributed by atoms with Crippen LogP contribution in [0.4, 0.5) is 5.69 Å². The van der Waals surface area contributed by atoms with Gasteiger partial charge in [-0.3, -0.25) is 9.59 Å². The number of benzene rings is 2. The van der Waals surface area contributed by atoms with Gasteiger partial charge in [-0.05, 0) is 36.0 Å². The second-order valence-corrected chi connectivity index (χ2v) is 7.40. The van der Waals surface area contributed by atoms with Crippen molar-refractivity contribution in [2.24, 2.45) is 4.99 Å². The van der Waals surface area contributed by atoms with E-state index in [1.54, 1.807) is 48.5 Å². The highest BCUT2D eigenvalue weighted by molar-refractivity contribution is 8.18. The molecule has 1 saturated heterocycles. The first kappa shape index (κ1) is 20.3. The molecule has 1 fully saturated rings. The summed E-state index contributed by atoms with van der Waals surface area (Å²) in [5, 5.41) is 12.5. The van der Waals surface area contributed by atoms with E-state index in [2.05, 4.69) is 10.3 Å². The molecule has 2 N–H and O–H groups in total. The Balaban J connectivity index is 1.80. The minimum atomic E-state index is -0.943. The lowest BCUT2D eigenvalue weighted by Crippen LogP contribution is -2.19. The van der Waals surface area contributed by atoms with Crippen LogP contribution in [0.3, 0.4) is 0 Å². The molecule has 144 valence electrons. The Morgan fingerprint density at radius 1 is 1.21 bits per heavy atom. The molecule has 0 saturated carbocycles. The first-order chi connectivity index (χ1) is 13.4. The predicted octanol–water partition coefficient (Wildman–Crippen LogP) is 4.74. The summed E-state index contributed by atoms with van der Waals surface area (Å²) in [5.41, 5.74) is 1.11. The topological polar surface area (TPSA) is 88.0 Å². The number of amides is 1. The number of hydrogen-bond donors (Lipinski definition) is 2. The summed E-state index contributed by atoms with van der Waals surface area (Å²) in [7, 11) is 0. The van der Waals surface area contributed by atoms with Crippen LogP contribution in [0.1, 0.15) is 12.0 Å². The van der Waals surface area contributed by atoms with Crippen LogP contribution in [0.15, 0.2) is 52.4 Å². The normalized spacial score (nSPS) is 16.4. The maximum absolute atomic E-state index is 12.3. The molecule has 0 unspecified atom stereocenters. The Morgan fingerprint density at radius 2 is 2.00 bits per heavy atom. The molecule has 3 rings (SSSR count). The average molecular weight is 437 g/mol. The molecule has 0 aliphatic carbocycles. The zero-order valence-corrected chi connectivity index (χ0v) is 16.6. The Labute approximate surface area is 175 Å². The quantitative estimate of drug-likeness (QED) is 0.638. The SMILES string of the molecule is O=C(O)CCOc1ccccc1/C=C1/SC(=Nc2cccc(Cl)c2Cl)NC1=O. The Morgan fingerprint density at radius 3 is 2.79 bits per heavy atom. The highest BCUT2D eigenvalue weighted by Crippen LogP contribution is 2.35. The van der Waals surface area contributed by atoms with E-state index in [0.717, 1.165) is 11.8 Å². The number of hydrogen-bond acceptors (Lipinski definition) is 5. The summed E-state index contributed by atoms with van der Waals surface area (Å²) < 4.78 is 5.52. The molecule has 0 aromatic heterocycles. The average Bonchev–Trinajstić information content (AvgIpc) is 2.99. The molecule has 2 aromatic rings. The summed E-state index contributed by atoms with van der Waals surface area (Å²) in [6.07, 6.45) is 1.55. The van der Waals surface area contributed by atoms with E-state index in [0.29, 0.717) is 37.1 Å². The number of carboxylic acids is 1. The molecule has 1 heterocycles. The Kier molecular flexibility index (Phi) is 6.61. The Hall–Kier alpha value is -2.48. The minimum absolute atomic E-state index is 0.0365. The number of nitrogens with one attached hydrogen (secondary N) is 1. The minimum Gasteiger partial charge on any atom is -0.492 e. The van der Waals surface area contributed by atoms with E-state index in [4.69, 9.17) is 33.0 Å². The predicted molar refractivity (Wildman–Crippen MR) is 111 cm³/mol. The van der Waals surface area contributed by atoms with Crippen LogP contribution in [-0.2, 0) is 9.59 Å². The number of amidine groups is 1. The molecule has 1 aliphatic rings. The van der Waals surface area contributed by atoms with Crippen LogP contribution >= 0.6 is 35.0 Å². The molecule has 0 atom stereocenters. The molecule has 28 heavy (non-hydrogen) atoms. The molecule has 1 aliphatic heterocycles. The number of carbonyl (C=O) groups is 2. The van der Waals surface area contributed by atoms with Crippen molar-refractivity contribution < 1.29 is 19.4 Å². The van der Waals surface area contributed by atoms with Gasteiger partial charge in [0.25, 0.3) is 5.91 Å². The lowest BCUT2D eigenvalue weighted by Gasteiger charge is -2.08. The molecule has 0 radical (unpaired) electrons. The van der Waals surface area contributed by atoms with Crippen molar-refractivity contribution in [3.63, 3.8) is 0 Å². The van der Waals surface area contributed by atoms with Crippen LogP contribution in [0, 0.1) is 0 Å². The van der Waals surface area contributed by atoms with Gasteiger partial charge in [0.1, 0.15) is 5.75 Å². The molecule has 0 bridgehead atoms. The van der Waals surface area contributed by atoms with Gasteiger partial charge in [0.15, 0.2) is 5.17 Å². The second-order valence-electron chi connectivity index (χ2n) is 5.58. The zero-order chi connectivity index (χ0) is 20.1. The summed E-state index contributed by atoms with van der Waals surface area (Å²) >= 11 is 13.3. The van der Waals surface area contributed by atoms with Crippen molar-refractivity contribution in [2.45, 2.75) is 6.42 Å². The zero-order valence-electron chi connectivity index (χ0n) is 14.3. The van der Waals surface area contributed by atoms with Gasteiger partial charge in [0.2, 0.25) is 0 Å². The van der Waals surface area contributed by atoms with Crippen LogP contribution in [0.2, 0.25) is 10.0 Å². The third-order valence-corrected chi connectivity index (χ3v) is 5.30. The fourth-order valence-electron chi connectivity index (χ4n) is 2.29. The standard InChI is InChI=1S/C19H14Cl2N2O4S/c20-12-5-3-6-13(17(12)21)22-19-23-18(26)15(28-19)10-11-4-1-2-7-14(11)27-9-8-16(24)25/h1-7,10H,8-9H2,(H,24,25)(H,22,23,26)/b15-10+. The van der Waals surface area contributed by atoms with Crippen LogP contribution < -0.4 is 10.1 Å². The number of para-hydroxylation sites is 1. The van der Waals surface area contributed by atoms with Crippen LogP contribution in [0.5, 0.6) is 5.75 Å². The van der Waals surface area contributed by atoms with E-state index in [-0.39, 0.29) is 18.9 Å². The number of aliphatic imine (C=N–C) groups is 1. The fraction of sp³-hybridized carbons (Fsp3) is 0.105.